The van der Waals surface area contributed by atoms with E-state index in [1.165, 1.54) is 10.8 Å². The third-order valence-corrected chi connectivity index (χ3v) is 6.24. The molecule has 0 unspecified atom stereocenters. The number of aryl methyl sites for hydroxylation is 2. The summed E-state index contributed by atoms with van der Waals surface area (Å²) in [6.45, 7) is 1.61. The molecule has 0 bridgehead atoms. The fourth-order valence-corrected chi connectivity index (χ4v) is 4.47. The molecule has 11 heteroatoms. The van der Waals surface area contributed by atoms with Crippen molar-refractivity contribution in [1.29, 1.82) is 0 Å². The van der Waals surface area contributed by atoms with Gasteiger partial charge in [0.25, 0.3) is 11.5 Å². The van der Waals surface area contributed by atoms with Crippen LogP contribution in [0.3, 0.4) is 0 Å². The smallest absolute Gasteiger partial charge is 0.349 e. The molecule has 0 saturated carbocycles. The highest BCUT2D eigenvalue weighted by atomic mass is 32.1. The monoisotopic (exact) mass is 463 g/mol. The summed E-state index contributed by atoms with van der Waals surface area (Å²) in [5.74, 6) is -0.0633. The van der Waals surface area contributed by atoms with Gasteiger partial charge in [0, 0.05) is 7.05 Å². The predicted molar refractivity (Wildman–Crippen MR) is 121 cm³/mol. The Morgan fingerprint density at radius 2 is 2.00 bits per heavy atom. The van der Waals surface area contributed by atoms with Crippen LogP contribution >= 0.6 is 11.3 Å². The van der Waals surface area contributed by atoms with Gasteiger partial charge in [-0.25, -0.2) is 4.79 Å². The Morgan fingerprint density at radius 3 is 2.79 bits per heavy atom. The summed E-state index contributed by atoms with van der Waals surface area (Å²) in [6, 6.07) is 12.0. The number of aromatic nitrogens is 4. The number of para-hydroxylation sites is 1. The lowest BCUT2D eigenvalue weighted by Gasteiger charge is -2.08. The number of furan rings is 1. The van der Waals surface area contributed by atoms with Gasteiger partial charge >= 0.3 is 5.97 Å². The molecule has 0 spiro atoms. The first-order valence-corrected chi connectivity index (χ1v) is 10.7. The summed E-state index contributed by atoms with van der Waals surface area (Å²) in [6.07, 6.45) is 1.41. The molecule has 1 amide bonds. The molecular weight excluding hydrogens is 446 g/mol. The highest BCUT2D eigenvalue weighted by Gasteiger charge is 2.20. The van der Waals surface area contributed by atoms with E-state index >= 15 is 0 Å². The molecule has 5 aromatic rings. The van der Waals surface area contributed by atoms with Gasteiger partial charge in [-0.05, 0) is 42.8 Å². The number of nitrogens with one attached hydrogen (secondary N) is 1. The Labute approximate surface area is 190 Å². The molecule has 166 valence electrons. The number of carbonyl (C=O) groups excluding carboxylic acids is 2. The van der Waals surface area contributed by atoms with Crippen molar-refractivity contribution in [3.8, 4) is 0 Å². The average Bonchev–Trinajstić information content (AvgIpc) is 3.56. The van der Waals surface area contributed by atoms with Gasteiger partial charge in [0.1, 0.15) is 4.88 Å². The lowest BCUT2D eigenvalue weighted by Crippen LogP contribution is -2.20. The number of thiophene rings is 1. The van der Waals surface area contributed by atoms with Crippen LogP contribution in [0.15, 0.2) is 57.9 Å². The average molecular weight is 463 g/mol. The first-order chi connectivity index (χ1) is 15.9. The van der Waals surface area contributed by atoms with Crippen LogP contribution < -0.4 is 10.9 Å². The van der Waals surface area contributed by atoms with Crippen LogP contribution in [-0.2, 0) is 18.4 Å². The minimum absolute atomic E-state index is 0.145. The van der Waals surface area contributed by atoms with E-state index in [1.807, 2.05) is 6.07 Å². The second kappa shape index (κ2) is 8.02. The largest absolute Gasteiger partial charge is 0.459 e. The fourth-order valence-electron chi connectivity index (χ4n) is 3.51. The van der Waals surface area contributed by atoms with E-state index < -0.39 is 11.9 Å². The molecule has 0 aliphatic rings. The first-order valence-electron chi connectivity index (χ1n) is 9.88. The van der Waals surface area contributed by atoms with E-state index in [0.29, 0.717) is 37.9 Å². The van der Waals surface area contributed by atoms with E-state index in [-0.39, 0.29) is 17.9 Å². The van der Waals surface area contributed by atoms with Crippen LogP contribution in [0.4, 0.5) is 5.00 Å². The van der Waals surface area contributed by atoms with Gasteiger partial charge in [0.05, 0.1) is 22.2 Å². The maximum atomic E-state index is 12.8. The number of carbonyl (C=O) groups is 2. The fraction of sp³-hybridized carbons (Fsp3) is 0.136. The number of nitrogens with zero attached hydrogens (tertiary/aromatic N) is 4. The van der Waals surface area contributed by atoms with Crippen LogP contribution in [0, 0.1) is 6.92 Å². The van der Waals surface area contributed by atoms with Crippen molar-refractivity contribution in [3.05, 3.63) is 81.1 Å². The van der Waals surface area contributed by atoms with Crippen molar-refractivity contribution in [1.82, 2.24) is 19.2 Å². The van der Waals surface area contributed by atoms with Gasteiger partial charge in [-0.1, -0.05) is 12.1 Å². The van der Waals surface area contributed by atoms with Crippen molar-refractivity contribution in [2.75, 3.05) is 5.32 Å². The molecule has 5 rings (SSSR count). The van der Waals surface area contributed by atoms with E-state index in [1.54, 1.807) is 54.8 Å². The van der Waals surface area contributed by atoms with Gasteiger partial charge in [-0.2, -0.15) is 0 Å². The van der Waals surface area contributed by atoms with Crippen molar-refractivity contribution in [2.45, 2.75) is 13.5 Å². The number of esters is 1. The Kier molecular flexibility index (Phi) is 5.02. The highest BCUT2D eigenvalue weighted by molar-refractivity contribution is 7.18. The zero-order chi connectivity index (χ0) is 23.1. The molecule has 0 atom stereocenters. The highest BCUT2D eigenvalue weighted by Crippen LogP contribution is 2.28. The zero-order valence-electron chi connectivity index (χ0n) is 17.6. The van der Waals surface area contributed by atoms with Crippen LogP contribution in [-0.4, -0.2) is 31.0 Å². The summed E-state index contributed by atoms with van der Waals surface area (Å²) >= 11 is 1.10. The quantitative estimate of drug-likeness (QED) is 0.398. The Morgan fingerprint density at radius 1 is 1.18 bits per heavy atom. The predicted octanol–water partition coefficient (Wildman–Crippen LogP) is 3.15. The zero-order valence-corrected chi connectivity index (χ0v) is 18.4. The normalized spacial score (nSPS) is 11.2. The van der Waals surface area contributed by atoms with Gasteiger partial charge in [0.15, 0.2) is 18.2 Å². The maximum absolute atomic E-state index is 12.8. The van der Waals surface area contributed by atoms with E-state index in [2.05, 4.69) is 15.5 Å². The molecule has 10 nitrogen and oxygen atoms in total. The van der Waals surface area contributed by atoms with E-state index in [0.717, 1.165) is 11.3 Å². The molecule has 4 heterocycles. The summed E-state index contributed by atoms with van der Waals surface area (Å²) in [5, 5.41) is 11.9. The molecule has 1 N–H and O–H groups in total. The second-order valence-corrected chi connectivity index (χ2v) is 8.32. The molecular formula is C22H17N5O5S. The maximum Gasteiger partial charge on any atom is 0.349 e. The molecule has 0 aliphatic carbocycles. The number of amides is 1. The molecule has 33 heavy (non-hydrogen) atoms. The number of hydrogen-bond donors (Lipinski definition) is 1. The van der Waals surface area contributed by atoms with Crippen LogP contribution in [0.1, 0.15) is 31.6 Å². The Hall–Kier alpha value is -4.25. The molecule has 4 aromatic heterocycles. The minimum Gasteiger partial charge on any atom is -0.459 e. The number of rotatable bonds is 5. The Balaban J connectivity index is 1.38. The number of anilines is 1. The van der Waals surface area contributed by atoms with Crippen molar-refractivity contribution in [3.63, 3.8) is 0 Å². The Bertz CT molecular complexity index is 1580. The molecule has 1 aromatic carbocycles. The lowest BCUT2D eigenvalue weighted by atomic mass is 10.2. The third kappa shape index (κ3) is 3.57. The molecule has 0 saturated heterocycles. The summed E-state index contributed by atoms with van der Waals surface area (Å²) < 4.78 is 13.7. The number of ether oxygens (including phenoxy) is 1. The third-order valence-electron chi connectivity index (χ3n) is 5.11. The van der Waals surface area contributed by atoms with Crippen LogP contribution in [0.25, 0.3) is 16.7 Å². The van der Waals surface area contributed by atoms with Crippen LogP contribution in [0.5, 0.6) is 0 Å². The van der Waals surface area contributed by atoms with Gasteiger partial charge in [0.2, 0.25) is 5.78 Å². The number of fused-ring (bicyclic) bond motifs is 3. The molecule has 0 fully saturated rings. The standard InChI is InChI=1S/C22H17N5O5S/c1-12-10-17(23-19(28)15-8-5-9-31-15)33-18(12)21(30)32-11-16-24-25-22-26(2)20(29)13-6-3-4-7-14(13)27(16)22/h3-10H,11H2,1-2H3,(H,23,28). The number of benzene rings is 1. The lowest BCUT2D eigenvalue weighted by molar-refractivity contribution is 0.0466. The molecule has 0 radical (unpaired) electrons. The first kappa shape index (κ1) is 20.6. The summed E-state index contributed by atoms with van der Waals surface area (Å²) in [5.41, 5.74) is 1.10. The van der Waals surface area contributed by atoms with Gasteiger partial charge in [-0.15, -0.1) is 21.5 Å². The topological polar surface area (TPSA) is 121 Å². The van der Waals surface area contributed by atoms with Crippen molar-refractivity contribution < 1.29 is 18.7 Å². The SMILES string of the molecule is Cc1cc(NC(=O)c2ccco2)sc1C(=O)OCc1nnc2n(C)c(=O)c3ccccc3n12. The second-order valence-electron chi connectivity index (χ2n) is 7.26. The van der Waals surface area contributed by atoms with Crippen molar-refractivity contribution in [2.24, 2.45) is 7.05 Å². The van der Waals surface area contributed by atoms with Gasteiger partial charge < -0.3 is 14.5 Å². The molecule has 0 aliphatic heterocycles. The van der Waals surface area contributed by atoms with E-state index in [9.17, 15) is 14.4 Å². The summed E-state index contributed by atoms with van der Waals surface area (Å²) in [4.78, 5) is 37.8. The summed E-state index contributed by atoms with van der Waals surface area (Å²) in [7, 11) is 1.61. The minimum atomic E-state index is -0.554. The van der Waals surface area contributed by atoms with Gasteiger partial charge in [-0.3, -0.25) is 18.6 Å². The van der Waals surface area contributed by atoms with Crippen molar-refractivity contribution >= 4 is 44.9 Å². The van der Waals surface area contributed by atoms with E-state index in [4.69, 9.17) is 9.15 Å². The number of hydrogen-bond acceptors (Lipinski definition) is 8. The van der Waals surface area contributed by atoms with Crippen LogP contribution in [0.2, 0.25) is 0 Å².